The smallest absolute Gasteiger partial charge is 0.0713 e. The average molecular weight is 209 g/mol. The molecule has 1 aromatic rings. The number of aliphatic hydroxyl groups excluding tert-OH is 1. The number of benzene rings is 1. The number of aliphatic hydroxyl groups is 1. The van der Waals surface area contributed by atoms with Crippen molar-refractivity contribution in [2.75, 3.05) is 27.3 Å². The summed E-state index contributed by atoms with van der Waals surface area (Å²) >= 11 is 0. The van der Waals surface area contributed by atoms with Gasteiger partial charge in [-0.25, -0.2) is 0 Å². The van der Waals surface area contributed by atoms with Crippen molar-refractivity contribution in [3.05, 3.63) is 35.4 Å². The van der Waals surface area contributed by atoms with Crippen LogP contribution in [0.25, 0.3) is 0 Å². The molecule has 3 nitrogen and oxygen atoms in total. The van der Waals surface area contributed by atoms with E-state index in [4.69, 9.17) is 9.84 Å². The van der Waals surface area contributed by atoms with Crippen molar-refractivity contribution in [2.45, 2.75) is 13.2 Å². The van der Waals surface area contributed by atoms with E-state index in [2.05, 4.69) is 29.2 Å². The molecular weight excluding hydrogens is 190 g/mol. The van der Waals surface area contributed by atoms with E-state index in [0.29, 0.717) is 13.2 Å². The summed E-state index contributed by atoms with van der Waals surface area (Å²) in [6.45, 7) is 2.44. The van der Waals surface area contributed by atoms with Crippen LogP contribution < -0.4 is 0 Å². The van der Waals surface area contributed by atoms with Crippen molar-refractivity contribution >= 4 is 0 Å². The molecule has 0 aromatic heterocycles. The summed E-state index contributed by atoms with van der Waals surface area (Å²) in [6, 6.07) is 8.35. The SMILES string of the molecule is COCc1ccc(CN(C)CCO)cc1. The van der Waals surface area contributed by atoms with Crippen molar-refractivity contribution in [2.24, 2.45) is 0 Å². The van der Waals surface area contributed by atoms with Crippen molar-refractivity contribution in [3.8, 4) is 0 Å². The van der Waals surface area contributed by atoms with Gasteiger partial charge in [0, 0.05) is 20.2 Å². The number of nitrogens with zero attached hydrogens (tertiary/aromatic N) is 1. The Bertz CT molecular complexity index is 271. The lowest BCUT2D eigenvalue weighted by Crippen LogP contribution is -2.21. The average Bonchev–Trinajstić information content (AvgIpc) is 2.22. The Kier molecular flexibility index (Phi) is 5.32. The van der Waals surface area contributed by atoms with Gasteiger partial charge in [0.15, 0.2) is 0 Å². The largest absolute Gasteiger partial charge is 0.395 e. The molecule has 3 heteroatoms. The highest BCUT2D eigenvalue weighted by Gasteiger charge is 1.99. The molecule has 0 saturated heterocycles. The number of hydrogen-bond acceptors (Lipinski definition) is 3. The van der Waals surface area contributed by atoms with Crippen LogP contribution in [0.2, 0.25) is 0 Å². The van der Waals surface area contributed by atoms with Gasteiger partial charge in [-0.3, -0.25) is 4.90 Å². The lowest BCUT2D eigenvalue weighted by atomic mass is 10.1. The van der Waals surface area contributed by atoms with E-state index >= 15 is 0 Å². The summed E-state index contributed by atoms with van der Waals surface area (Å²) < 4.78 is 5.04. The zero-order valence-electron chi connectivity index (χ0n) is 9.44. The first-order chi connectivity index (χ1) is 7.26. The summed E-state index contributed by atoms with van der Waals surface area (Å²) in [6.07, 6.45) is 0. The molecular formula is C12H19NO2. The molecule has 0 unspecified atom stereocenters. The van der Waals surface area contributed by atoms with Crippen LogP contribution in [0.15, 0.2) is 24.3 Å². The van der Waals surface area contributed by atoms with Gasteiger partial charge in [-0.1, -0.05) is 24.3 Å². The van der Waals surface area contributed by atoms with Crippen LogP contribution in [0.5, 0.6) is 0 Å². The van der Waals surface area contributed by atoms with Crippen LogP contribution in [-0.4, -0.2) is 37.3 Å². The predicted molar refractivity (Wildman–Crippen MR) is 60.6 cm³/mol. The molecule has 0 aliphatic carbocycles. The van der Waals surface area contributed by atoms with E-state index in [0.717, 1.165) is 6.54 Å². The normalized spacial score (nSPS) is 10.9. The number of rotatable bonds is 6. The molecule has 1 aromatic carbocycles. The minimum absolute atomic E-state index is 0.207. The van der Waals surface area contributed by atoms with Crippen LogP contribution in [0.3, 0.4) is 0 Å². The van der Waals surface area contributed by atoms with E-state index in [1.807, 2.05) is 7.05 Å². The Morgan fingerprint density at radius 2 is 1.80 bits per heavy atom. The van der Waals surface area contributed by atoms with E-state index in [1.54, 1.807) is 7.11 Å². The molecule has 0 saturated carbocycles. The standard InChI is InChI=1S/C12H19NO2/c1-13(7-8-14)9-11-3-5-12(6-4-11)10-15-2/h3-6,14H,7-10H2,1-2H3. The zero-order valence-corrected chi connectivity index (χ0v) is 9.44. The topological polar surface area (TPSA) is 32.7 Å². The van der Waals surface area contributed by atoms with Crippen LogP contribution in [0.1, 0.15) is 11.1 Å². The van der Waals surface area contributed by atoms with Gasteiger partial charge in [-0.05, 0) is 18.2 Å². The first kappa shape index (κ1) is 12.2. The fourth-order valence-corrected chi connectivity index (χ4v) is 1.47. The fraction of sp³-hybridized carbons (Fsp3) is 0.500. The number of ether oxygens (including phenoxy) is 1. The summed E-state index contributed by atoms with van der Waals surface area (Å²) in [7, 11) is 3.70. The van der Waals surface area contributed by atoms with E-state index in [1.165, 1.54) is 11.1 Å². The maximum atomic E-state index is 8.77. The van der Waals surface area contributed by atoms with Gasteiger partial charge in [0.2, 0.25) is 0 Å². The minimum Gasteiger partial charge on any atom is -0.395 e. The quantitative estimate of drug-likeness (QED) is 0.765. The molecule has 1 N–H and O–H groups in total. The molecule has 0 heterocycles. The second kappa shape index (κ2) is 6.56. The van der Waals surface area contributed by atoms with Crippen LogP contribution in [-0.2, 0) is 17.9 Å². The molecule has 0 amide bonds. The summed E-state index contributed by atoms with van der Waals surface area (Å²) in [5.41, 5.74) is 2.44. The maximum absolute atomic E-state index is 8.77. The molecule has 0 aliphatic rings. The highest BCUT2D eigenvalue weighted by molar-refractivity contribution is 5.21. The lowest BCUT2D eigenvalue weighted by Gasteiger charge is -2.15. The second-order valence-corrected chi connectivity index (χ2v) is 3.71. The zero-order chi connectivity index (χ0) is 11.1. The van der Waals surface area contributed by atoms with Crippen molar-refractivity contribution in [1.82, 2.24) is 4.90 Å². The molecule has 0 spiro atoms. The third-order valence-electron chi connectivity index (χ3n) is 2.27. The molecule has 0 fully saturated rings. The summed E-state index contributed by atoms with van der Waals surface area (Å²) in [5, 5.41) is 8.77. The van der Waals surface area contributed by atoms with E-state index in [9.17, 15) is 0 Å². The summed E-state index contributed by atoms with van der Waals surface area (Å²) in [5.74, 6) is 0. The molecule has 0 atom stereocenters. The van der Waals surface area contributed by atoms with E-state index < -0.39 is 0 Å². The van der Waals surface area contributed by atoms with Crippen LogP contribution >= 0.6 is 0 Å². The third-order valence-corrected chi connectivity index (χ3v) is 2.27. The Labute approximate surface area is 91.3 Å². The second-order valence-electron chi connectivity index (χ2n) is 3.71. The van der Waals surface area contributed by atoms with Gasteiger partial charge < -0.3 is 9.84 Å². The van der Waals surface area contributed by atoms with Gasteiger partial charge in [0.25, 0.3) is 0 Å². The molecule has 1 rings (SSSR count). The highest BCUT2D eigenvalue weighted by Crippen LogP contribution is 2.07. The number of likely N-dealkylation sites (N-methyl/N-ethyl adjacent to an activating group) is 1. The molecule has 0 radical (unpaired) electrons. The van der Waals surface area contributed by atoms with Crippen molar-refractivity contribution in [3.63, 3.8) is 0 Å². The Hall–Kier alpha value is -0.900. The lowest BCUT2D eigenvalue weighted by molar-refractivity contribution is 0.185. The monoisotopic (exact) mass is 209 g/mol. The number of hydrogen-bond donors (Lipinski definition) is 1. The maximum Gasteiger partial charge on any atom is 0.0713 e. The fourth-order valence-electron chi connectivity index (χ4n) is 1.47. The molecule has 0 aliphatic heterocycles. The highest BCUT2D eigenvalue weighted by atomic mass is 16.5. The molecule has 15 heavy (non-hydrogen) atoms. The Morgan fingerprint density at radius 1 is 1.20 bits per heavy atom. The van der Waals surface area contributed by atoms with E-state index in [-0.39, 0.29) is 6.61 Å². The van der Waals surface area contributed by atoms with Gasteiger partial charge in [-0.15, -0.1) is 0 Å². The van der Waals surface area contributed by atoms with Crippen molar-refractivity contribution < 1.29 is 9.84 Å². The van der Waals surface area contributed by atoms with Gasteiger partial charge in [0.05, 0.1) is 13.2 Å². The Morgan fingerprint density at radius 3 is 2.33 bits per heavy atom. The summed E-state index contributed by atoms with van der Waals surface area (Å²) in [4.78, 5) is 2.09. The number of methoxy groups -OCH3 is 1. The minimum atomic E-state index is 0.207. The van der Waals surface area contributed by atoms with Crippen LogP contribution in [0, 0.1) is 0 Å². The van der Waals surface area contributed by atoms with Crippen LogP contribution in [0.4, 0.5) is 0 Å². The first-order valence-corrected chi connectivity index (χ1v) is 5.12. The van der Waals surface area contributed by atoms with Gasteiger partial charge in [0.1, 0.15) is 0 Å². The van der Waals surface area contributed by atoms with Gasteiger partial charge in [-0.2, -0.15) is 0 Å². The molecule has 84 valence electrons. The van der Waals surface area contributed by atoms with Gasteiger partial charge >= 0.3 is 0 Å². The Balaban J connectivity index is 2.48. The van der Waals surface area contributed by atoms with Crippen molar-refractivity contribution in [1.29, 1.82) is 0 Å². The molecule has 0 bridgehead atoms. The third kappa shape index (κ3) is 4.42. The predicted octanol–water partition coefficient (Wildman–Crippen LogP) is 1.26. The first-order valence-electron chi connectivity index (χ1n) is 5.12.